The maximum Gasteiger partial charge on any atom is 0.0850 e. The second-order valence-electron chi connectivity index (χ2n) is 3.24. The normalized spacial score (nSPS) is 10.5. The van der Waals surface area contributed by atoms with Gasteiger partial charge in [-0.3, -0.25) is 4.98 Å². The maximum absolute atomic E-state index is 8.73. The molecule has 0 aliphatic heterocycles. The van der Waals surface area contributed by atoms with E-state index in [2.05, 4.69) is 15.3 Å². The molecule has 0 saturated carbocycles. The molecule has 2 aromatic rings. The van der Waals surface area contributed by atoms with Crippen LogP contribution in [-0.4, -0.2) is 31.7 Å². The molecule has 0 aliphatic carbocycles. The van der Waals surface area contributed by atoms with Gasteiger partial charge >= 0.3 is 0 Å². The van der Waals surface area contributed by atoms with E-state index >= 15 is 0 Å². The van der Waals surface area contributed by atoms with E-state index in [0.717, 1.165) is 11.3 Å². The summed E-state index contributed by atoms with van der Waals surface area (Å²) in [5.41, 5.74) is 1.94. The van der Waals surface area contributed by atoms with Crippen molar-refractivity contribution in [2.45, 2.75) is 13.0 Å². The van der Waals surface area contributed by atoms with Crippen LogP contribution in [-0.2, 0) is 13.0 Å². The number of aliphatic hydroxyl groups excluding tert-OH is 1. The Bertz CT molecular complexity index is 412. The summed E-state index contributed by atoms with van der Waals surface area (Å²) in [6.45, 7) is 0.787. The van der Waals surface area contributed by atoms with Crippen molar-refractivity contribution in [1.29, 1.82) is 0 Å². The number of nitrogens with zero attached hydrogens (tertiary/aromatic N) is 4. The van der Waals surface area contributed by atoms with Crippen LogP contribution in [0.15, 0.2) is 30.7 Å². The van der Waals surface area contributed by atoms with Crippen LogP contribution in [0, 0.1) is 0 Å². The van der Waals surface area contributed by atoms with Gasteiger partial charge in [0.05, 0.1) is 12.2 Å². The molecular formula is C10H12N4O. The monoisotopic (exact) mass is 204 g/mol. The second-order valence-corrected chi connectivity index (χ2v) is 3.24. The highest BCUT2D eigenvalue weighted by Crippen LogP contribution is 2.01. The summed E-state index contributed by atoms with van der Waals surface area (Å²) in [4.78, 5) is 3.94. The van der Waals surface area contributed by atoms with Gasteiger partial charge in [-0.25, -0.2) is 4.68 Å². The van der Waals surface area contributed by atoms with Crippen molar-refractivity contribution in [2.24, 2.45) is 0 Å². The van der Waals surface area contributed by atoms with Crippen molar-refractivity contribution in [3.63, 3.8) is 0 Å². The van der Waals surface area contributed by atoms with Gasteiger partial charge in [-0.05, 0) is 17.7 Å². The van der Waals surface area contributed by atoms with Gasteiger partial charge in [0.15, 0.2) is 0 Å². The number of aliphatic hydroxyl groups is 1. The number of aromatic nitrogens is 4. The van der Waals surface area contributed by atoms with Crippen LogP contribution in [0.5, 0.6) is 0 Å². The van der Waals surface area contributed by atoms with Crippen LogP contribution >= 0.6 is 0 Å². The zero-order valence-electron chi connectivity index (χ0n) is 8.24. The third-order valence-corrected chi connectivity index (χ3v) is 2.05. The van der Waals surface area contributed by atoms with Crippen molar-refractivity contribution in [3.05, 3.63) is 42.0 Å². The molecule has 2 rings (SSSR count). The number of rotatable bonds is 4. The Balaban J connectivity index is 2.05. The minimum atomic E-state index is 0.105. The van der Waals surface area contributed by atoms with Gasteiger partial charge in [-0.15, -0.1) is 5.10 Å². The fraction of sp³-hybridized carbons (Fsp3) is 0.300. The number of hydrogen-bond acceptors (Lipinski definition) is 4. The van der Waals surface area contributed by atoms with Gasteiger partial charge in [0.1, 0.15) is 0 Å². The molecule has 2 heterocycles. The summed E-state index contributed by atoms with van der Waals surface area (Å²) in [6.07, 6.45) is 5.90. The molecule has 0 radical (unpaired) electrons. The molecule has 0 amide bonds. The van der Waals surface area contributed by atoms with Crippen LogP contribution in [0.25, 0.3) is 0 Å². The Morgan fingerprint density at radius 1 is 1.27 bits per heavy atom. The Kier molecular flexibility index (Phi) is 3.04. The van der Waals surface area contributed by atoms with E-state index in [9.17, 15) is 0 Å². The minimum Gasteiger partial charge on any atom is -0.396 e. The Hall–Kier alpha value is -1.75. The first-order chi connectivity index (χ1) is 7.38. The molecule has 2 aromatic heterocycles. The van der Waals surface area contributed by atoms with Gasteiger partial charge in [0.25, 0.3) is 0 Å². The summed E-state index contributed by atoms with van der Waals surface area (Å²) in [5.74, 6) is 0. The Morgan fingerprint density at radius 3 is 2.80 bits per heavy atom. The molecular weight excluding hydrogens is 192 g/mol. The fourth-order valence-electron chi connectivity index (χ4n) is 1.32. The van der Waals surface area contributed by atoms with Gasteiger partial charge in [-0.2, -0.15) is 0 Å². The van der Waals surface area contributed by atoms with Gasteiger partial charge < -0.3 is 5.11 Å². The molecule has 15 heavy (non-hydrogen) atoms. The molecule has 0 aliphatic rings. The number of pyridine rings is 1. The highest BCUT2D eigenvalue weighted by atomic mass is 16.3. The summed E-state index contributed by atoms with van der Waals surface area (Å²) >= 11 is 0. The zero-order valence-corrected chi connectivity index (χ0v) is 8.24. The van der Waals surface area contributed by atoms with E-state index in [1.165, 1.54) is 0 Å². The highest BCUT2D eigenvalue weighted by molar-refractivity contribution is 5.10. The molecule has 0 fully saturated rings. The van der Waals surface area contributed by atoms with E-state index in [1.54, 1.807) is 17.1 Å². The molecule has 78 valence electrons. The lowest BCUT2D eigenvalue weighted by Gasteiger charge is -1.98. The third kappa shape index (κ3) is 2.60. The van der Waals surface area contributed by atoms with E-state index in [1.807, 2.05) is 18.3 Å². The van der Waals surface area contributed by atoms with E-state index in [0.29, 0.717) is 13.0 Å². The van der Waals surface area contributed by atoms with Crippen LogP contribution in [0.3, 0.4) is 0 Å². The number of hydrogen-bond donors (Lipinski definition) is 1. The Morgan fingerprint density at radius 2 is 2.07 bits per heavy atom. The molecule has 0 atom stereocenters. The minimum absolute atomic E-state index is 0.105. The topological polar surface area (TPSA) is 63.8 Å². The lowest BCUT2D eigenvalue weighted by Crippen LogP contribution is -2.00. The van der Waals surface area contributed by atoms with Crippen LogP contribution < -0.4 is 0 Å². The summed E-state index contributed by atoms with van der Waals surface area (Å²) in [7, 11) is 0. The van der Waals surface area contributed by atoms with Crippen LogP contribution in [0.2, 0.25) is 0 Å². The van der Waals surface area contributed by atoms with Crippen molar-refractivity contribution in [3.8, 4) is 0 Å². The van der Waals surface area contributed by atoms with E-state index in [4.69, 9.17) is 5.11 Å². The van der Waals surface area contributed by atoms with E-state index < -0.39 is 0 Å². The largest absolute Gasteiger partial charge is 0.396 e. The van der Waals surface area contributed by atoms with Crippen molar-refractivity contribution in [2.75, 3.05) is 6.61 Å². The Labute approximate surface area is 87.4 Å². The molecule has 0 bridgehead atoms. The zero-order chi connectivity index (χ0) is 10.5. The smallest absolute Gasteiger partial charge is 0.0850 e. The molecule has 5 nitrogen and oxygen atoms in total. The average Bonchev–Trinajstić information content (AvgIpc) is 2.68. The lowest BCUT2D eigenvalue weighted by atomic mass is 10.3. The SMILES string of the molecule is OCCc1cn(Cc2ccncc2)nn1. The second kappa shape index (κ2) is 4.65. The predicted molar refractivity (Wildman–Crippen MR) is 54.2 cm³/mol. The average molecular weight is 204 g/mol. The van der Waals surface area contributed by atoms with Crippen LogP contribution in [0.4, 0.5) is 0 Å². The van der Waals surface area contributed by atoms with Crippen molar-refractivity contribution in [1.82, 2.24) is 20.0 Å². The quantitative estimate of drug-likeness (QED) is 0.775. The molecule has 0 spiro atoms. The lowest BCUT2D eigenvalue weighted by molar-refractivity contribution is 0.298. The van der Waals surface area contributed by atoms with Gasteiger partial charge in [0, 0.05) is 31.6 Å². The van der Waals surface area contributed by atoms with Crippen LogP contribution in [0.1, 0.15) is 11.3 Å². The van der Waals surface area contributed by atoms with Crippen molar-refractivity contribution < 1.29 is 5.11 Å². The summed E-state index contributed by atoms with van der Waals surface area (Å²) in [5, 5.41) is 16.6. The highest BCUT2D eigenvalue weighted by Gasteiger charge is 2.00. The molecule has 0 saturated heterocycles. The first-order valence-electron chi connectivity index (χ1n) is 4.77. The summed E-state index contributed by atoms with van der Waals surface area (Å²) in [6, 6.07) is 3.88. The fourth-order valence-corrected chi connectivity index (χ4v) is 1.32. The molecule has 0 unspecified atom stereocenters. The summed E-state index contributed by atoms with van der Waals surface area (Å²) < 4.78 is 1.75. The standard InChI is InChI=1S/C10H12N4O/c15-6-3-10-8-14(13-12-10)7-9-1-4-11-5-2-9/h1-2,4-5,8,15H,3,6-7H2. The molecule has 0 aromatic carbocycles. The first-order valence-corrected chi connectivity index (χ1v) is 4.77. The van der Waals surface area contributed by atoms with Crippen molar-refractivity contribution >= 4 is 0 Å². The molecule has 1 N–H and O–H groups in total. The maximum atomic E-state index is 8.73. The van der Waals surface area contributed by atoms with E-state index in [-0.39, 0.29) is 6.61 Å². The third-order valence-electron chi connectivity index (χ3n) is 2.05. The first kappa shape index (κ1) is 9.79. The molecule has 5 heteroatoms. The van der Waals surface area contributed by atoms with Gasteiger partial charge in [-0.1, -0.05) is 5.21 Å². The predicted octanol–water partition coefficient (Wildman–Crippen LogP) is 0.256. The van der Waals surface area contributed by atoms with Gasteiger partial charge in [0.2, 0.25) is 0 Å².